The Labute approximate surface area is 95.0 Å². The van der Waals surface area contributed by atoms with Gasteiger partial charge in [0.1, 0.15) is 4.60 Å². The van der Waals surface area contributed by atoms with E-state index in [4.69, 9.17) is 4.74 Å². The van der Waals surface area contributed by atoms with Crippen molar-refractivity contribution < 1.29 is 9.53 Å². The number of ether oxygens (including phenoxy) is 1. The van der Waals surface area contributed by atoms with E-state index in [0.717, 1.165) is 10.9 Å². The van der Waals surface area contributed by atoms with Gasteiger partial charge in [0.05, 0.1) is 12.1 Å². The molecule has 1 heterocycles. The minimum atomic E-state index is -0.459. The molecule has 0 amide bonds. The Hall–Kier alpha value is -1.36. The normalized spacial score (nSPS) is 10.5. The Morgan fingerprint density at radius 3 is 3.00 bits per heavy atom. The average Bonchev–Trinajstić information content (AvgIpc) is 2.58. The van der Waals surface area contributed by atoms with Crippen LogP contribution < -0.4 is 0 Å². The molecule has 0 N–H and O–H groups in total. The molecule has 0 saturated carbocycles. The average molecular weight is 269 g/mol. The molecule has 0 saturated heterocycles. The molecule has 1 aromatic heterocycles. The number of nitrogens with zero attached hydrogens (tertiary/aromatic N) is 2. The number of carbonyl (C=O) groups is 1. The number of benzene rings is 1. The van der Waals surface area contributed by atoms with Crippen molar-refractivity contribution in [1.82, 2.24) is 9.78 Å². The zero-order chi connectivity index (χ0) is 10.8. The maximum absolute atomic E-state index is 11.5. The summed E-state index contributed by atoms with van der Waals surface area (Å²) in [5.41, 5.74) is 0.739. The van der Waals surface area contributed by atoms with Crippen molar-refractivity contribution in [3.63, 3.8) is 0 Å². The number of halogens is 1. The van der Waals surface area contributed by atoms with Crippen LogP contribution >= 0.6 is 15.9 Å². The first kappa shape index (κ1) is 10.2. The predicted molar refractivity (Wildman–Crippen MR) is 59.9 cm³/mol. The van der Waals surface area contributed by atoms with Gasteiger partial charge in [-0.25, -0.2) is 4.79 Å². The van der Waals surface area contributed by atoms with Crippen LogP contribution in [0.15, 0.2) is 28.9 Å². The molecule has 2 aromatic rings. The van der Waals surface area contributed by atoms with Gasteiger partial charge in [0.2, 0.25) is 0 Å². The second-order valence-electron chi connectivity index (χ2n) is 2.92. The summed E-state index contributed by atoms with van der Waals surface area (Å²) >= 11 is 3.30. The maximum Gasteiger partial charge on any atom is 0.435 e. The van der Waals surface area contributed by atoms with Crippen LogP contribution in [0.5, 0.6) is 0 Å². The van der Waals surface area contributed by atoms with Gasteiger partial charge in [-0.15, -0.1) is 0 Å². The van der Waals surface area contributed by atoms with Crippen molar-refractivity contribution >= 4 is 32.9 Å². The lowest BCUT2D eigenvalue weighted by atomic mass is 10.3. The second-order valence-corrected chi connectivity index (χ2v) is 3.67. The van der Waals surface area contributed by atoms with E-state index < -0.39 is 6.09 Å². The first-order valence-corrected chi connectivity index (χ1v) is 5.33. The number of para-hydroxylation sites is 1. The van der Waals surface area contributed by atoms with Gasteiger partial charge >= 0.3 is 6.09 Å². The third-order valence-electron chi connectivity index (χ3n) is 1.98. The SMILES string of the molecule is CCOC(=O)n1nc(Br)c2ccccc21. The van der Waals surface area contributed by atoms with E-state index in [2.05, 4.69) is 21.0 Å². The fourth-order valence-corrected chi connectivity index (χ4v) is 1.85. The summed E-state index contributed by atoms with van der Waals surface area (Å²) in [5.74, 6) is 0. The van der Waals surface area contributed by atoms with Gasteiger partial charge < -0.3 is 4.74 Å². The lowest BCUT2D eigenvalue weighted by Gasteiger charge is -2.01. The Balaban J connectivity index is 2.57. The Morgan fingerprint density at radius 1 is 1.53 bits per heavy atom. The molecule has 0 aliphatic heterocycles. The number of hydrogen-bond acceptors (Lipinski definition) is 3. The van der Waals surface area contributed by atoms with Crippen LogP contribution in [0.2, 0.25) is 0 Å². The van der Waals surface area contributed by atoms with E-state index in [-0.39, 0.29) is 0 Å². The number of rotatable bonds is 1. The molecule has 0 unspecified atom stereocenters. The molecule has 0 atom stereocenters. The topological polar surface area (TPSA) is 44.1 Å². The monoisotopic (exact) mass is 268 g/mol. The fourth-order valence-electron chi connectivity index (χ4n) is 1.35. The summed E-state index contributed by atoms with van der Waals surface area (Å²) in [4.78, 5) is 11.5. The Morgan fingerprint density at radius 2 is 2.27 bits per heavy atom. The lowest BCUT2D eigenvalue weighted by Crippen LogP contribution is -2.14. The zero-order valence-electron chi connectivity index (χ0n) is 8.11. The summed E-state index contributed by atoms with van der Waals surface area (Å²) < 4.78 is 6.79. The van der Waals surface area contributed by atoms with Gasteiger partial charge in [-0.05, 0) is 28.9 Å². The fraction of sp³-hybridized carbons (Fsp3) is 0.200. The first-order chi connectivity index (χ1) is 7.24. The van der Waals surface area contributed by atoms with E-state index in [9.17, 15) is 4.79 Å². The highest BCUT2D eigenvalue weighted by Crippen LogP contribution is 2.22. The lowest BCUT2D eigenvalue weighted by molar-refractivity contribution is 0.151. The smallest absolute Gasteiger partial charge is 0.435 e. The molecule has 0 fully saturated rings. The van der Waals surface area contributed by atoms with Crippen LogP contribution in [0.4, 0.5) is 4.79 Å². The number of aromatic nitrogens is 2. The molecule has 0 spiro atoms. The first-order valence-electron chi connectivity index (χ1n) is 4.54. The van der Waals surface area contributed by atoms with E-state index in [1.54, 1.807) is 6.92 Å². The molecular weight excluding hydrogens is 260 g/mol. The molecule has 0 aliphatic carbocycles. The van der Waals surface area contributed by atoms with Gasteiger partial charge in [0.25, 0.3) is 0 Å². The molecule has 15 heavy (non-hydrogen) atoms. The summed E-state index contributed by atoms with van der Waals surface area (Å²) in [6.45, 7) is 2.10. The number of fused-ring (bicyclic) bond motifs is 1. The number of carbonyl (C=O) groups excluding carboxylic acids is 1. The third kappa shape index (κ3) is 1.74. The van der Waals surface area contributed by atoms with Crippen molar-refractivity contribution in [2.45, 2.75) is 6.92 Å². The molecule has 0 aliphatic rings. The van der Waals surface area contributed by atoms with Crippen molar-refractivity contribution in [3.05, 3.63) is 28.9 Å². The highest BCUT2D eigenvalue weighted by molar-refractivity contribution is 9.10. The van der Waals surface area contributed by atoms with Crippen molar-refractivity contribution in [2.75, 3.05) is 6.61 Å². The zero-order valence-corrected chi connectivity index (χ0v) is 9.69. The Bertz CT molecular complexity index is 507. The van der Waals surface area contributed by atoms with E-state index in [0.29, 0.717) is 11.2 Å². The summed E-state index contributed by atoms with van der Waals surface area (Å²) in [7, 11) is 0. The summed E-state index contributed by atoms with van der Waals surface area (Å²) in [5, 5.41) is 4.96. The molecule has 1 aromatic carbocycles. The molecule has 78 valence electrons. The van der Waals surface area contributed by atoms with Gasteiger partial charge in [0.15, 0.2) is 0 Å². The van der Waals surface area contributed by atoms with Crippen LogP contribution in [-0.4, -0.2) is 22.5 Å². The van der Waals surface area contributed by atoms with Crippen molar-refractivity contribution in [3.8, 4) is 0 Å². The van der Waals surface area contributed by atoms with Gasteiger partial charge in [0, 0.05) is 5.39 Å². The van der Waals surface area contributed by atoms with E-state index >= 15 is 0 Å². The van der Waals surface area contributed by atoms with Crippen LogP contribution in [0.1, 0.15) is 6.92 Å². The molecule has 5 heteroatoms. The summed E-state index contributed by atoms with van der Waals surface area (Å²) in [6.07, 6.45) is -0.459. The van der Waals surface area contributed by atoms with Gasteiger partial charge in [-0.3, -0.25) is 0 Å². The maximum atomic E-state index is 11.5. The molecule has 2 rings (SSSR count). The standard InChI is InChI=1S/C10H9BrN2O2/c1-2-15-10(14)13-8-6-4-3-5-7(8)9(11)12-13/h3-6H,2H2,1H3. The van der Waals surface area contributed by atoms with Gasteiger partial charge in [-0.2, -0.15) is 9.78 Å². The van der Waals surface area contributed by atoms with E-state index in [1.165, 1.54) is 4.68 Å². The molecule has 4 nitrogen and oxygen atoms in total. The van der Waals surface area contributed by atoms with Gasteiger partial charge in [-0.1, -0.05) is 18.2 Å². The molecular formula is C10H9BrN2O2. The highest BCUT2D eigenvalue weighted by Gasteiger charge is 2.13. The minimum Gasteiger partial charge on any atom is -0.448 e. The predicted octanol–water partition coefficient (Wildman–Crippen LogP) is 2.80. The quantitative estimate of drug-likeness (QED) is 0.799. The van der Waals surface area contributed by atoms with Crippen LogP contribution in [0.25, 0.3) is 10.9 Å². The van der Waals surface area contributed by atoms with Crippen molar-refractivity contribution in [1.29, 1.82) is 0 Å². The van der Waals surface area contributed by atoms with E-state index in [1.807, 2.05) is 24.3 Å². The molecule has 0 bridgehead atoms. The van der Waals surface area contributed by atoms with Crippen molar-refractivity contribution in [2.24, 2.45) is 0 Å². The molecule has 0 radical (unpaired) electrons. The summed E-state index contributed by atoms with van der Waals surface area (Å²) in [6, 6.07) is 7.46. The van der Waals surface area contributed by atoms with Crippen LogP contribution in [-0.2, 0) is 4.74 Å². The highest BCUT2D eigenvalue weighted by atomic mass is 79.9. The third-order valence-corrected chi connectivity index (χ3v) is 2.57. The Kier molecular flexibility index (Phi) is 2.73. The largest absolute Gasteiger partial charge is 0.448 e. The second kappa shape index (κ2) is 4.02. The van der Waals surface area contributed by atoms with Crippen LogP contribution in [0, 0.1) is 0 Å². The number of hydrogen-bond donors (Lipinski definition) is 0. The minimum absolute atomic E-state index is 0.338. The van der Waals surface area contributed by atoms with Crippen LogP contribution in [0.3, 0.4) is 0 Å².